The van der Waals surface area contributed by atoms with E-state index in [2.05, 4.69) is 20.5 Å². The van der Waals surface area contributed by atoms with E-state index in [0.29, 0.717) is 18.0 Å². The van der Waals surface area contributed by atoms with Crippen LogP contribution in [-0.2, 0) is 20.0 Å². The summed E-state index contributed by atoms with van der Waals surface area (Å²) < 4.78 is 1.77. The SMILES string of the molecule is Cn1ncc(Cl)c1CC1c2ccccc2C(=O)N1Cc1ccc2[nH]nnc2c1. The Balaban J connectivity index is 1.53. The average molecular weight is 393 g/mol. The zero-order valence-electron chi connectivity index (χ0n) is 15.1. The lowest BCUT2D eigenvalue weighted by Crippen LogP contribution is -2.29. The largest absolute Gasteiger partial charge is 0.327 e. The molecule has 1 N–H and O–H groups in total. The molecule has 0 saturated carbocycles. The molecule has 7 nitrogen and oxygen atoms in total. The molecular weight excluding hydrogens is 376 g/mol. The number of aryl methyl sites for hydroxylation is 1. The number of aromatic amines is 1. The van der Waals surface area contributed by atoms with Crippen LogP contribution in [0.4, 0.5) is 0 Å². The predicted octanol–water partition coefficient (Wildman–Crippen LogP) is 3.28. The van der Waals surface area contributed by atoms with Crippen molar-refractivity contribution in [3.05, 3.63) is 76.1 Å². The smallest absolute Gasteiger partial charge is 0.255 e. The van der Waals surface area contributed by atoms with Gasteiger partial charge in [-0.05, 0) is 29.3 Å². The van der Waals surface area contributed by atoms with Crippen molar-refractivity contribution >= 4 is 28.5 Å². The number of nitrogens with zero attached hydrogens (tertiary/aromatic N) is 5. The molecule has 5 rings (SSSR count). The highest BCUT2D eigenvalue weighted by atomic mass is 35.5. The number of halogens is 1. The highest BCUT2D eigenvalue weighted by molar-refractivity contribution is 6.31. The standard InChI is InChI=1S/C20H17ClN6O/c1-26-19(15(21)10-22-26)9-18-13-4-2-3-5-14(13)20(28)27(18)11-12-6-7-16-17(8-12)24-25-23-16/h2-8,10,18H,9,11H2,1H3,(H,23,24,25). The molecular formula is C20H17ClN6O. The third kappa shape index (κ3) is 2.66. The number of H-pyrrole nitrogens is 1. The molecule has 2 aromatic carbocycles. The minimum atomic E-state index is -0.107. The quantitative estimate of drug-likeness (QED) is 0.578. The second-order valence-corrected chi connectivity index (χ2v) is 7.37. The summed E-state index contributed by atoms with van der Waals surface area (Å²) >= 11 is 6.34. The first-order chi connectivity index (χ1) is 13.6. The summed E-state index contributed by atoms with van der Waals surface area (Å²) in [7, 11) is 1.87. The van der Waals surface area contributed by atoms with Gasteiger partial charge >= 0.3 is 0 Å². The van der Waals surface area contributed by atoms with Crippen LogP contribution in [0.3, 0.4) is 0 Å². The van der Waals surface area contributed by atoms with E-state index in [-0.39, 0.29) is 11.9 Å². The van der Waals surface area contributed by atoms with Gasteiger partial charge in [-0.15, -0.1) is 5.10 Å². The van der Waals surface area contributed by atoms with E-state index in [1.54, 1.807) is 10.9 Å². The Morgan fingerprint density at radius 3 is 2.89 bits per heavy atom. The monoisotopic (exact) mass is 392 g/mol. The molecule has 0 bridgehead atoms. The Bertz CT molecular complexity index is 1180. The third-order valence-electron chi connectivity index (χ3n) is 5.33. The first kappa shape index (κ1) is 16.9. The molecule has 2 aromatic heterocycles. The molecule has 28 heavy (non-hydrogen) atoms. The first-order valence-corrected chi connectivity index (χ1v) is 9.35. The van der Waals surface area contributed by atoms with Crippen LogP contribution in [0, 0.1) is 0 Å². The molecule has 0 saturated heterocycles. The van der Waals surface area contributed by atoms with Crippen molar-refractivity contribution in [1.29, 1.82) is 0 Å². The Kier molecular flexibility index (Phi) is 3.91. The van der Waals surface area contributed by atoms with Crippen molar-refractivity contribution in [1.82, 2.24) is 30.1 Å². The molecule has 0 fully saturated rings. The fourth-order valence-electron chi connectivity index (χ4n) is 3.88. The van der Waals surface area contributed by atoms with Gasteiger partial charge in [0.15, 0.2) is 0 Å². The van der Waals surface area contributed by atoms with E-state index >= 15 is 0 Å². The van der Waals surface area contributed by atoms with Gasteiger partial charge in [-0.1, -0.05) is 41.1 Å². The summed E-state index contributed by atoms with van der Waals surface area (Å²) in [6.45, 7) is 0.483. The number of hydrogen-bond acceptors (Lipinski definition) is 4. The number of carbonyl (C=O) groups excluding carboxylic acids is 1. The lowest BCUT2D eigenvalue weighted by Gasteiger charge is -2.26. The number of carbonyl (C=O) groups is 1. The Labute approximate surface area is 165 Å². The molecule has 0 radical (unpaired) electrons. The van der Waals surface area contributed by atoms with E-state index in [9.17, 15) is 4.79 Å². The number of aromatic nitrogens is 5. The molecule has 140 valence electrons. The zero-order valence-corrected chi connectivity index (χ0v) is 15.9. The Hall–Kier alpha value is -3.19. The van der Waals surface area contributed by atoms with Crippen LogP contribution in [0.2, 0.25) is 5.02 Å². The second-order valence-electron chi connectivity index (χ2n) is 6.97. The zero-order chi connectivity index (χ0) is 19.3. The summed E-state index contributed by atoms with van der Waals surface area (Å²) in [5.41, 5.74) is 5.34. The minimum Gasteiger partial charge on any atom is -0.327 e. The summed E-state index contributed by atoms with van der Waals surface area (Å²) in [6, 6.07) is 13.6. The van der Waals surface area contributed by atoms with Gasteiger partial charge in [0.1, 0.15) is 5.52 Å². The Morgan fingerprint density at radius 2 is 2.07 bits per heavy atom. The van der Waals surface area contributed by atoms with Gasteiger partial charge in [-0.25, -0.2) is 0 Å². The van der Waals surface area contributed by atoms with Crippen molar-refractivity contribution < 1.29 is 4.79 Å². The normalized spacial score (nSPS) is 16.1. The molecule has 1 atom stereocenters. The van der Waals surface area contributed by atoms with Crippen LogP contribution in [0.15, 0.2) is 48.7 Å². The maximum atomic E-state index is 13.2. The van der Waals surface area contributed by atoms with E-state index in [4.69, 9.17) is 11.6 Å². The lowest BCUT2D eigenvalue weighted by atomic mass is 10.0. The molecule has 1 amide bonds. The topological polar surface area (TPSA) is 79.7 Å². The summed E-state index contributed by atoms with van der Waals surface area (Å²) in [6.07, 6.45) is 2.24. The van der Waals surface area contributed by atoms with Crippen LogP contribution < -0.4 is 0 Å². The van der Waals surface area contributed by atoms with Crippen molar-refractivity contribution in [2.75, 3.05) is 0 Å². The number of benzene rings is 2. The molecule has 3 heterocycles. The van der Waals surface area contributed by atoms with Gasteiger partial charge in [0.05, 0.1) is 28.5 Å². The van der Waals surface area contributed by atoms with E-state index in [0.717, 1.165) is 33.4 Å². The molecule has 0 spiro atoms. The molecule has 0 aliphatic carbocycles. The van der Waals surface area contributed by atoms with E-state index in [1.165, 1.54) is 0 Å². The predicted molar refractivity (Wildman–Crippen MR) is 105 cm³/mol. The van der Waals surface area contributed by atoms with Crippen molar-refractivity contribution in [2.45, 2.75) is 19.0 Å². The maximum Gasteiger partial charge on any atom is 0.255 e. The minimum absolute atomic E-state index is 0.0270. The number of rotatable bonds is 4. The van der Waals surface area contributed by atoms with Gasteiger partial charge in [-0.3, -0.25) is 14.6 Å². The van der Waals surface area contributed by atoms with Gasteiger partial charge in [0.25, 0.3) is 5.91 Å². The van der Waals surface area contributed by atoms with E-state index < -0.39 is 0 Å². The van der Waals surface area contributed by atoms with Crippen molar-refractivity contribution in [2.24, 2.45) is 7.05 Å². The van der Waals surface area contributed by atoms with Crippen molar-refractivity contribution in [3.63, 3.8) is 0 Å². The van der Waals surface area contributed by atoms with Crippen LogP contribution >= 0.6 is 11.6 Å². The average Bonchev–Trinajstić information content (AvgIpc) is 3.37. The molecule has 1 aliphatic rings. The highest BCUT2D eigenvalue weighted by Crippen LogP contribution is 2.38. The molecule has 1 unspecified atom stereocenters. The molecule has 1 aliphatic heterocycles. The van der Waals surface area contributed by atoms with Gasteiger partial charge < -0.3 is 4.90 Å². The van der Waals surface area contributed by atoms with Crippen molar-refractivity contribution in [3.8, 4) is 0 Å². The summed E-state index contributed by atoms with van der Waals surface area (Å²) in [5, 5.41) is 15.6. The second kappa shape index (κ2) is 6.45. The van der Waals surface area contributed by atoms with Crippen LogP contribution in [-0.4, -0.2) is 36.0 Å². The van der Waals surface area contributed by atoms with Crippen LogP contribution in [0.25, 0.3) is 11.0 Å². The van der Waals surface area contributed by atoms with E-state index in [1.807, 2.05) is 54.4 Å². The maximum absolute atomic E-state index is 13.2. The number of amides is 1. The fourth-order valence-corrected chi connectivity index (χ4v) is 4.12. The fraction of sp³-hybridized carbons (Fsp3) is 0.200. The molecule has 4 aromatic rings. The number of fused-ring (bicyclic) bond motifs is 2. The van der Waals surface area contributed by atoms with Crippen LogP contribution in [0.5, 0.6) is 0 Å². The molecule has 8 heteroatoms. The van der Waals surface area contributed by atoms with Gasteiger partial charge in [0, 0.05) is 25.6 Å². The third-order valence-corrected chi connectivity index (χ3v) is 5.64. The lowest BCUT2D eigenvalue weighted by molar-refractivity contribution is 0.0708. The summed E-state index contributed by atoms with van der Waals surface area (Å²) in [4.78, 5) is 15.1. The van der Waals surface area contributed by atoms with Gasteiger partial charge in [0.2, 0.25) is 0 Å². The first-order valence-electron chi connectivity index (χ1n) is 8.98. The number of nitrogens with one attached hydrogen (secondary N) is 1. The summed E-state index contributed by atoms with van der Waals surface area (Å²) in [5.74, 6) is 0.0270. The highest BCUT2D eigenvalue weighted by Gasteiger charge is 2.37. The van der Waals surface area contributed by atoms with Gasteiger partial charge in [-0.2, -0.15) is 5.10 Å². The Morgan fingerprint density at radius 1 is 1.21 bits per heavy atom. The number of hydrogen-bond donors (Lipinski definition) is 1. The van der Waals surface area contributed by atoms with Crippen LogP contribution in [0.1, 0.15) is 33.2 Å².